The molecule has 3 nitrogen and oxygen atoms in total. The number of nitrogens with one attached hydrogen (secondary N) is 1. The van der Waals surface area contributed by atoms with Crippen LogP contribution in [0.1, 0.15) is 0 Å². The van der Waals surface area contributed by atoms with Crippen molar-refractivity contribution in [2.45, 2.75) is 0 Å². The molecule has 0 fully saturated rings. The highest BCUT2D eigenvalue weighted by atomic mass is 35.5. The first-order chi connectivity index (χ1) is 5.88. The molecule has 2 aromatic rings. The van der Waals surface area contributed by atoms with Gasteiger partial charge < -0.3 is 0 Å². The number of rotatable bonds is 1. The third-order valence-corrected chi connectivity index (χ3v) is 1.85. The van der Waals surface area contributed by atoms with Crippen molar-refractivity contribution in [3.05, 3.63) is 35.7 Å². The van der Waals surface area contributed by atoms with Gasteiger partial charge in [0.25, 0.3) is 0 Å². The molecule has 0 saturated heterocycles. The number of aromatic amines is 1. The fourth-order valence-electron chi connectivity index (χ4n) is 0.993. The van der Waals surface area contributed by atoms with Gasteiger partial charge in [-0.25, -0.2) is 4.98 Å². The average molecular weight is 180 g/mol. The van der Waals surface area contributed by atoms with Crippen LogP contribution in [0.5, 0.6) is 0 Å². The Morgan fingerprint density at radius 2 is 2.17 bits per heavy atom. The summed E-state index contributed by atoms with van der Waals surface area (Å²) in [6, 6.07) is 5.58. The summed E-state index contributed by atoms with van der Waals surface area (Å²) < 4.78 is 0. The van der Waals surface area contributed by atoms with Crippen LogP contribution in [0.25, 0.3) is 11.3 Å². The molecule has 0 amide bonds. The Kier molecular flexibility index (Phi) is 1.80. The zero-order valence-electron chi connectivity index (χ0n) is 6.16. The Morgan fingerprint density at radius 3 is 2.83 bits per heavy atom. The molecule has 12 heavy (non-hydrogen) atoms. The minimum atomic E-state index is 0.488. The van der Waals surface area contributed by atoms with Crippen molar-refractivity contribution in [3.8, 4) is 11.3 Å². The molecule has 0 aliphatic rings. The third kappa shape index (κ3) is 1.19. The Morgan fingerprint density at radius 1 is 1.25 bits per heavy atom. The van der Waals surface area contributed by atoms with Gasteiger partial charge in [-0.05, 0) is 18.2 Å². The van der Waals surface area contributed by atoms with Gasteiger partial charge in [0.2, 0.25) is 0 Å². The van der Waals surface area contributed by atoms with Crippen molar-refractivity contribution < 1.29 is 0 Å². The van der Waals surface area contributed by atoms with E-state index in [4.69, 9.17) is 11.6 Å². The summed E-state index contributed by atoms with van der Waals surface area (Å²) in [5.41, 5.74) is 1.75. The van der Waals surface area contributed by atoms with Gasteiger partial charge in [0.15, 0.2) is 0 Å². The van der Waals surface area contributed by atoms with Crippen LogP contribution in [0.2, 0.25) is 5.15 Å². The summed E-state index contributed by atoms with van der Waals surface area (Å²) in [4.78, 5) is 3.95. The van der Waals surface area contributed by atoms with E-state index in [1.807, 2.05) is 18.2 Å². The maximum atomic E-state index is 5.86. The lowest BCUT2D eigenvalue weighted by atomic mass is 10.2. The van der Waals surface area contributed by atoms with E-state index >= 15 is 0 Å². The van der Waals surface area contributed by atoms with Gasteiger partial charge in [-0.1, -0.05) is 11.6 Å². The highest BCUT2D eigenvalue weighted by Gasteiger charge is 2.02. The summed E-state index contributed by atoms with van der Waals surface area (Å²) in [6.07, 6.45) is 3.33. The number of aromatic nitrogens is 3. The van der Waals surface area contributed by atoms with Crippen LogP contribution in [0.3, 0.4) is 0 Å². The first-order valence-electron chi connectivity index (χ1n) is 3.48. The second kappa shape index (κ2) is 2.95. The molecule has 0 saturated carbocycles. The fourth-order valence-corrected chi connectivity index (χ4v) is 1.21. The van der Waals surface area contributed by atoms with E-state index in [-0.39, 0.29) is 0 Å². The van der Waals surface area contributed by atoms with Crippen molar-refractivity contribution >= 4 is 11.6 Å². The van der Waals surface area contributed by atoms with E-state index < -0.39 is 0 Å². The molecule has 2 heterocycles. The monoisotopic (exact) mass is 179 g/mol. The zero-order chi connectivity index (χ0) is 8.39. The molecule has 0 aliphatic heterocycles. The topological polar surface area (TPSA) is 41.6 Å². The van der Waals surface area contributed by atoms with E-state index in [0.717, 1.165) is 11.3 Å². The quantitative estimate of drug-likeness (QED) is 0.682. The molecular weight excluding hydrogens is 174 g/mol. The first kappa shape index (κ1) is 7.31. The van der Waals surface area contributed by atoms with Crippen molar-refractivity contribution in [2.75, 3.05) is 0 Å². The highest BCUT2D eigenvalue weighted by Crippen LogP contribution is 2.22. The molecule has 0 aliphatic carbocycles. The molecular formula is C8H6ClN3. The summed E-state index contributed by atoms with van der Waals surface area (Å²) in [7, 11) is 0. The zero-order valence-corrected chi connectivity index (χ0v) is 6.92. The lowest BCUT2D eigenvalue weighted by molar-refractivity contribution is 1.09. The Labute approximate surface area is 74.4 Å². The molecule has 2 rings (SSSR count). The summed E-state index contributed by atoms with van der Waals surface area (Å²) in [5.74, 6) is 0. The molecule has 0 bridgehead atoms. The number of hydrogen-bond acceptors (Lipinski definition) is 2. The largest absolute Gasteiger partial charge is 0.278 e. The van der Waals surface area contributed by atoms with Crippen LogP contribution in [-0.4, -0.2) is 15.2 Å². The SMILES string of the molecule is Clc1ncccc1-c1ccn[nH]1. The van der Waals surface area contributed by atoms with Crippen molar-refractivity contribution in [3.63, 3.8) is 0 Å². The van der Waals surface area contributed by atoms with E-state index in [1.54, 1.807) is 12.4 Å². The van der Waals surface area contributed by atoms with Gasteiger partial charge in [-0.3, -0.25) is 5.10 Å². The van der Waals surface area contributed by atoms with E-state index in [2.05, 4.69) is 15.2 Å². The lowest BCUT2D eigenvalue weighted by Gasteiger charge is -1.97. The number of pyridine rings is 1. The maximum absolute atomic E-state index is 5.86. The van der Waals surface area contributed by atoms with Gasteiger partial charge in [-0.2, -0.15) is 5.10 Å². The first-order valence-corrected chi connectivity index (χ1v) is 3.86. The Balaban J connectivity index is 2.55. The molecule has 0 unspecified atom stereocenters. The summed E-state index contributed by atoms with van der Waals surface area (Å²) >= 11 is 5.86. The predicted octanol–water partition coefficient (Wildman–Crippen LogP) is 2.13. The molecule has 0 atom stereocenters. The molecule has 0 radical (unpaired) electrons. The number of hydrogen-bond donors (Lipinski definition) is 1. The van der Waals surface area contributed by atoms with Gasteiger partial charge >= 0.3 is 0 Å². The normalized spacial score (nSPS) is 10.1. The molecule has 4 heteroatoms. The molecule has 0 aromatic carbocycles. The van der Waals surface area contributed by atoms with Crippen LogP contribution in [-0.2, 0) is 0 Å². The Bertz CT molecular complexity index is 370. The highest BCUT2D eigenvalue weighted by molar-refractivity contribution is 6.31. The van der Waals surface area contributed by atoms with Gasteiger partial charge in [0.05, 0.1) is 5.69 Å². The van der Waals surface area contributed by atoms with Crippen molar-refractivity contribution in [1.29, 1.82) is 0 Å². The summed E-state index contributed by atoms with van der Waals surface area (Å²) in [6.45, 7) is 0. The lowest BCUT2D eigenvalue weighted by Crippen LogP contribution is -1.81. The van der Waals surface area contributed by atoms with Crippen molar-refractivity contribution in [1.82, 2.24) is 15.2 Å². The van der Waals surface area contributed by atoms with Gasteiger partial charge in [0, 0.05) is 18.0 Å². The second-order valence-electron chi connectivity index (χ2n) is 2.31. The van der Waals surface area contributed by atoms with Crippen LogP contribution in [0.4, 0.5) is 0 Å². The van der Waals surface area contributed by atoms with E-state index in [9.17, 15) is 0 Å². The predicted molar refractivity (Wildman–Crippen MR) is 46.8 cm³/mol. The summed E-state index contributed by atoms with van der Waals surface area (Å²) in [5, 5.41) is 7.14. The van der Waals surface area contributed by atoms with Crippen LogP contribution in [0.15, 0.2) is 30.6 Å². The number of nitrogens with zero attached hydrogens (tertiary/aromatic N) is 2. The minimum absolute atomic E-state index is 0.488. The second-order valence-corrected chi connectivity index (χ2v) is 2.67. The maximum Gasteiger partial charge on any atom is 0.138 e. The fraction of sp³-hybridized carbons (Fsp3) is 0. The molecule has 1 N–H and O–H groups in total. The van der Waals surface area contributed by atoms with Crippen LogP contribution >= 0.6 is 11.6 Å². The molecule has 60 valence electrons. The molecule has 0 spiro atoms. The van der Waals surface area contributed by atoms with Crippen molar-refractivity contribution in [2.24, 2.45) is 0 Å². The van der Waals surface area contributed by atoms with Crippen LogP contribution < -0.4 is 0 Å². The van der Waals surface area contributed by atoms with Crippen LogP contribution in [0, 0.1) is 0 Å². The number of halogens is 1. The average Bonchev–Trinajstić information content (AvgIpc) is 2.57. The van der Waals surface area contributed by atoms with E-state index in [0.29, 0.717) is 5.15 Å². The standard InChI is InChI=1S/C8H6ClN3/c9-8-6(2-1-4-10-8)7-3-5-11-12-7/h1-5H,(H,11,12). The van der Waals surface area contributed by atoms with Gasteiger partial charge in [0.1, 0.15) is 5.15 Å². The molecule has 2 aromatic heterocycles. The Hall–Kier alpha value is -1.35. The number of H-pyrrole nitrogens is 1. The minimum Gasteiger partial charge on any atom is -0.278 e. The third-order valence-electron chi connectivity index (χ3n) is 1.55. The smallest absolute Gasteiger partial charge is 0.138 e. The van der Waals surface area contributed by atoms with E-state index in [1.165, 1.54) is 0 Å². The van der Waals surface area contributed by atoms with Gasteiger partial charge in [-0.15, -0.1) is 0 Å².